The van der Waals surface area contributed by atoms with Gasteiger partial charge in [0.15, 0.2) is 0 Å². The maximum absolute atomic E-state index is 12.3. The number of allylic oxidation sites excluding steroid dienone is 1. The third kappa shape index (κ3) is 2.28. The van der Waals surface area contributed by atoms with Crippen LogP contribution in [-0.2, 0) is 15.1 Å². The molecule has 1 aromatic heterocycles. The van der Waals surface area contributed by atoms with Crippen LogP contribution >= 0.6 is 0 Å². The van der Waals surface area contributed by atoms with Gasteiger partial charge in [-0.05, 0) is 30.4 Å². The number of para-hydroxylation sites is 1. The van der Waals surface area contributed by atoms with Gasteiger partial charge in [-0.2, -0.15) is 0 Å². The zero-order chi connectivity index (χ0) is 14.9. The van der Waals surface area contributed by atoms with Crippen molar-refractivity contribution in [2.45, 2.75) is 12.0 Å². The van der Waals surface area contributed by atoms with Crippen LogP contribution in [-0.4, -0.2) is 14.2 Å². The van der Waals surface area contributed by atoms with Crippen LogP contribution in [0.15, 0.2) is 63.5 Å². The van der Waals surface area contributed by atoms with Gasteiger partial charge in [0.05, 0.1) is 12.7 Å². The Morgan fingerprint density at radius 1 is 1.24 bits per heavy atom. The van der Waals surface area contributed by atoms with Gasteiger partial charge in [0, 0.05) is 18.9 Å². The van der Waals surface area contributed by atoms with Crippen molar-refractivity contribution >= 4 is 11.0 Å². The predicted molar refractivity (Wildman–Crippen MR) is 80.0 cm³/mol. The molecule has 0 saturated carbocycles. The molecule has 3 rings (SSSR count). The number of hydrogen-bond donors (Lipinski definition) is 0. The topological polar surface area (TPSA) is 48.7 Å². The summed E-state index contributed by atoms with van der Waals surface area (Å²) in [6.07, 6.45) is 6.07. The number of benzene rings is 1. The lowest BCUT2D eigenvalue weighted by Gasteiger charge is -2.30. The molecule has 4 nitrogen and oxygen atoms in total. The van der Waals surface area contributed by atoms with E-state index in [1.807, 2.05) is 42.5 Å². The smallest absolute Gasteiger partial charge is 0.342 e. The Bertz CT molecular complexity index is 785. The second kappa shape index (κ2) is 5.22. The molecule has 0 aliphatic heterocycles. The SMILES string of the molecule is COC1=CCC(OC)(c2cc3ccccc3oc2=O)C=C1. The minimum Gasteiger partial charge on any atom is -0.497 e. The lowest BCUT2D eigenvalue weighted by atomic mass is 9.87. The van der Waals surface area contributed by atoms with Crippen LogP contribution in [0.1, 0.15) is 12.0 Å². The highest BCUT2D eigenvalue weighted by atomic mass is 16.5. The maximum atomic E-state index is 12.3. The Labute approximate surface area is 122 Å². The van der Waals surface area contributed by atoms with Gasteiger partial charge in [-0.25, -0.2) is 4.79 Å². The van der Waals surface area contributed by atoms with Gasteiger partial charge < -0.3 is 13.9 Å². The summed E-state index contributed by atoms with van der Waals surface area (Å²) in [6.45, 7) is 0. The lowest BCUT2D eigenvalue weighted by Crippen LogP contribution is -2.32. The molecule has 0 fully saturated rings. The van der Waals surface area contributed by atoms with E-state index < -0.39 is 5.60 Å². The third-order valence-electron chi connectivity index (χ3n) is 3.82. The third-order valence-corrected chi connectivity index (χ3v) is 3.82. The number of ether oxygens (including phenoxy) is 2. The quantitative estimate of drug-likeness (QED) is 0.812. The fourth-order valence-electron chi connectivity index (χ4n) is 2.57. The van der Waals surface area contributed by atoms with Crippen molar-refractivity contribution in [3.05, 3.63) is 70.3 Å². The standard InChI is InChI=1S/C17H16O4/c1-19-13-7-9-17(20-2,10-8-13)14-11-12-5-3-4-6-15(12)21-16(14)18/h3-9,11H,10H2,1-2H3. The second-order valence-electron chi connectivity index (χ2n) is 4.93. The molecule has 0 radical (unpaired) electrons. The first-order valence-electron chi connectivity index (χ1n) is 6.70. The summed E-state index contributed by atoms with van der Waals surface area (Å²) in [7, 11) is 3.20. The van der Waals surface area contributed by atoms with E-state index in [4.69, 9.17) is 13.9 Å². The largest absolute Gasteiger partial charge is 0.497 e. The Morgan fingerprint density at radius 2 is 2.05 bits per heavy atom. The van der Waals surface area contributed by atoms with Crippen LogP contribution in [0.2, 0.25) is 0 Å². The molecule has 1 unspecified atom stereocenters. The minimum absolute atomic E-state index is 0.380. The number of methoxy groups -OCH3 is 2. The summed E-state index contributed by atoms with van der Waals surface area (Å²) in [4.78, 5) is 12.3. The first kappa shape index (κ1) is 13.6. The van der Waals surface area contributed by atoms with Crippen molar-refractivity contribution in [3.8, 4) is 0 Å². The molecular formula is C17H16O4. The number of rotatable bonds is 3. The summed E-state index contributed by atoms with van der Waals surface area (Å²) in [5.41, 5.74) is -0.127. The molecule has 1 aliphatic carbocycles. The summed E-state index contributed by atoms with van der Waals surface area (Å²) < 4.78 is 16.2. The zero-order valence-corrected chi connectivity index (χ0v) is 12.0. The molecule has 1 aliphatic rings. The molecule has 0 spiro atoms. The molecule has 1 aromatic carbocycles. The van der Waals surface area contributed by atoms with Gasteiger partial charge >= 0.3 is 5.63 Å². The van der Waals surface area contributed by atoms with Crippen molar-refractivity contribution < 1.29 is 13.9 Å². The van der Waals surface area contributed by atoms with E-state index in [9.17, 15) is 4.79 Å². The molecule has 0 bridgehead atoms. The van der Waals surface area contributed by atoms with Crippen LogP contribution in [0.25, 0.3) is 11.0 Å². The van der Waals surface area contributed by atoms with Crippen LogP contribution < -0.4 is 5.63 Å². The van der Waals surface area contributed by atoms with E-state index in [1.54, 1.807) is 20.3 Å². The summed E-state index contributed by atoms with van der Waals surface area (Å²) in [5.74, 6) is 0.757. The Morgan fingerprint density at radius 3 is 2.71 bits per heavy atom. The van der Waals surface area contributed by atoms with E-state index in [1.165, 1.54) is 0 Å². The second-order valence-corrected chi connectivity index (χ2v) is 4.93. The van der Waals surface area contributed by atoms with Crippen LogP contribution in [0, 0.1) is 0 Å². The van der Waals surface area contributed by atoms with Crippen molar-refractivity contribution in [2.75, 3.05) is 14.2 Å². The lowest BCUT2D eigenvalue weighted by molar-refractivity contribution is 0.0263. The average molecular weight is 284 g/mol. The predicted octanol–water partition coefficient (Wildman–Crippen LogP) is 3.12. The number of hydrogen-bond acceptors (Lipinski definition) is 4. The Kier molecular flexibility index (Phi) is 3.39. The van der Waals surface area contributed by atoms with Crippen LogP contribution in [0.5, 0.6) is 0 Å². The normalized spacial score (nSPS) is 21.3. The highest BCUT2D eigenvalue weighted by molar-refractivity contribution is 5.77. The summed E-state index contributed by atoms with van der Waals surface area (Å²) >= 11 is 0. The van der Waals surface area contributed by atoms with E-state index >= 15 is 0 Å². The van der Waals surface area contributed by atoms with E-state index in [0.29, 0.717) is 17.6 Å². The van der Waals surface area contributed by atoms with Crippen LogP contribution in [0.4, 0.5) is 0 Å². The Hall–Kier alpha value is -2.33. The zero-order valence-electron chi connectivity index (χ0n) is 12.0. The monoisotopic (exact) mass is 284 g/mol. The first-order valence-corrected chi connectivity index (χ1v) is 6.70. The highest BCUT2D eigenvalue weighted by Crippen LogP contribution is 2.34. The van der Waals surface area contributed by atoms with E-state index in [2.05, 4.69) is 0 Å². The molecule has 0 saturated heterocycles. The Balaban J connectivity index is 2.14. The van der Waals surface area contributed by atoms with Gasteiger partial charge in [-0.15, -0.1) is 0 Å². The fraction of sp³-hybridized carbons (Fsp3) is 0.235. The molecule has 108 valence electrons. The van der Waals surface area contributed by atoms with Crippen molar-refractivity contribution in [1.82, 2.24) is 0 Å². The molecule has 4 heteroatoms. The minimum atomic E-state index is -0.813. The summed E-state index contributed by atoms with van der Waals surface area (Å²) in [6, 6.07) is 9.27. The maximum Gasteiger partial charge on any atom is 0.342 e. The van der Waals surface area contributed by atoms with Crippen molar-refractivity contribution in [3.63, 3.8) is 0 Å². The fourth-order valence-corrected chi connectivity index (χ4v) is 2.57. The van der Waals surface area contributed by atoms with Gasteiger partial charge in [0.25, 0.3) is 0 Å². The molecule has 1 atom stereocenters. The van der Waals surface area contributed by atoms with E-state index in [0.717, 1.165) is 11.1 Å². The molecular weight excluding hydrogens is 268 g/mol. The van der Waals surface area contributed by atoms with Gasteiger partial charge in [0.1, 0.15) is 16.9 Å². The average Bonchev–Trinajstić information content (AvgIpc) is 2.54. The molecule has 2 aromatic rings. The first-order chi connectivity index (χ1) is 10.2. The molecule has 21 heavy (non-hydrogen) atoms. The molecule has 0 amide bonds. The molecule has 0 N–H and O–H groups in total. The molecule has 1 heterocycles. The van der Waals surface area contributed by atoms with Crippen molar-refractivity contribution in [2.24, 2.45) is 0 Å². The van der Waals surface area contributed by atoms with Crippen LogP contribution in [0.3, 0.4) is 0 Å². The van der Waals surface area contributed by atoms with Gasteiger partial charge in [-0.1, -0.05) is 18.2 Å². The van der Waals surface area contributed by atoms with Crippen molar-refractivity contribution in [1.29, 1.82) is 0 Å². The van der Waals surface area contributed by atoms with E-state index in [-0.39, 0.29) is 5.63 Å². The van der Waals surface area contributed by atoms with Gasteiger partial charge in [-0.3, -0.25) is 0 Å². The van der Waals surface area contributed by atoms with Gasteiger partial charge in [0.2, 0.25) is 0 Å². The highest BCUT2D eigenvalue weighted by Gasteiger charge is 2.34. The summed E-state index contributed by atoms with van der Waals surface area (Å²) in [5, 5.41) is 0.874. The number of fused-ring (bicyclic) bond motifs is 1.